The summed E-state index contributed by atoms with van der Waals surface area (Å²) in [6.45, 7) is 1.78. The molecule has 102 valence electrons. The highest BCUT2D eigenvalue weighted by Gasteiger charge is 2.06. The standard InChI is InChI=1S/C16H13BrClNO/c1-11(9-12-5-3-2-4-6-12)16(20)19-13-7-8-14(17)15(18)10-13/h2-10H,1H3,(H,19,20)/b11-9+. The van der Waals surface area contributed by atoms with Gasteiger partial charge in [0.05, 0.1) is 5.02 Å². The van der Waals surface area contributed by atoms with E-state index in [0.717, 1.165) is 10.0 Å². The van der Waals surface area contributed by atoms with Crippen molar-refractivity contribution in [1.29, 1.82) is 0 Å². The van der Waals surface area contributed by atoms with E-state index in [1.807, 2.05) is 36.4 Å². The molecule has 2 rings (SSSR count). The van der Waals surface area contributed by atoms with Crippen LogP contribution in [-0.4, -0.2) is 5.91 Å². The van der Waals surface area contributed by atoms with Crippen LogP contribution in [0.15, 0.2) is 58.6 Å². The molecule has 1 amide bonds. The number of anilines is 1. The Balaban J connectivity index is 2.11. The first-order chi connectivity index (χ1) is 9.56. The van der Waals surface area contributed by atoms with Crippen LogP contribution in [0.25, 0.3) is 6.08 Å². The Morgan fingerprint density at radius 1 is 1.20 bits per heavy atom. The number of nitrogens with one attached hydrogen (secondary N) is 1. The Morgan fingerprint density at radius 2 is 1.90 bits per heavy atom. The minimum atomic E-state index is -0.146. The van der Waals surface area contributed by atoms with Crippen LogP contribution >= 0.6 is 27.5 Å². The first-order valence-electron chi connectivity index (χ1n) is 6.06. The van der Waals surface area contributed by atoms with Crippen molar-refractivity contribution >= 4 is 45.2 Å². The van der Waals surface area contributed by atoms with Crippen molar-refractivity contribution in [1.82, 2.24) is 0 Å². The van der Waals surface area contributed by atoms with E-state index >= 15 is 0 Å². The summed E-state index contributed by atoms with van der Waals surface area (Å²) in [6.07, 6.45) is 1.84. The smallest absolute Gasteiger partial charge is 0.251 e. The molecule has 1 N–H and O–H groups in total. The first-order valence-corrected chi connectivity index (χ1v) is 7.23. The molecule has 0 aliphatic heterocycles. The van der Waals surface area contributed by atoms with Crippen LogP contribution in [0.2, 0.25) is 5.02 Å². The molecule has 0 aromatic heterocycles. The van der Waals surface area contributed by atoms with Crippen LogP contribution in [-0.2, 0) is 4.79 Å². The second kappa shape index (κ2) is 6.73. The number of rotatable bonds is 3. The van der Waals surface area contributed by atoms with Crippen molar-refractivity contribution in [3.63, 3.8) is 0 Å². The van der Waals surface area contributed by atoms with E-state index in [0.29, 0.717) is 16.3 Å². The summed E-state index contributed by atoms with van der Waals surface area (Å²) in [6, 6.07) is 15.0. The maximum atomic E-state index is 12.1. The molecule has 0 fully saturated rings. The summed E-state index contributed by atoms with van der Waals surface area (Å²) < 4.78 is 0.800. The van der Waals surface area contributed by atoms with Crippen molar-refractivity contribution in [2.75, 3.05) is 5.32 Å². The Kier molecular flexibility index (Phi) is 4.99. The van der Waals surface area contributed by atoms with Crippen LogP contribution in [0.5, 0.6) is 0 Å². The Hall–Kier alpha value is -1.58. The maximum absolute atomic E-state index is 12.1. The number of carbonyl (C=O) groups is 1. The fourth-order valence-electron chi connectivity index (χ4n) is 1.67. The molecule has 20 heavy (non-hydrogen) atoms. The minimum Gasteiger partial charge on any atom is -0.322 e. The van der Waals surface area contributed by atoms with Gasteiger partial charge >= 0.3 is 0 Å². The van der Waals surface area contributed by atoms with Crippen LogP contribution in [0.4, 0.5) is 5.69 Å². The van der Waals surface area contributed by atoms with Crippen LogP contribution in [0.3, 0.4) is 0 Å². The van der Waals surface area contributed by atoms with Gasteiger partial charge in [0.25, 0.3) is 5.91 Å². The van der Waals surface area contributed by atoms with Gasteiger partial charge in [-0.1, -0.05) is 41.9 Å². The molecule has 0 saturated carbocycles. The third-order valence-electron chi connectivity index (χ3n) is 2.72. The lowest BCUT2D eigenvalue weighted by Gasteiger charge is -2.07. The molecule has 2 aromatic rings. The minimum absolute atomic E-state index is 0.146. The van der Waals surface area contributed by atoms with E-state index in [1.165, 1.54) is 0 Å². The molecule has 4 heteroatoms. The van der Waals surface area contributed by atoms with Crippen molar-refractivity contribution in [3.8, 4) is 0 Å². The molecule has 0 aliphatic carbocycles. The van der Waals surface area contributed by atoms with Crippen molar-refractivity contribution in [2.24, 2.45) is 0 Å². The average molecular weight is 351 g/mol. The Bertz CT molecular complexity index is 653. The number of hydrogen-bond donors (Lipinski definition) is 1. The van der Waals surface area contributed by atoms with Gasteiger partial charge in [-0.05, 0) is 52.7 Å². The van der Waals surface area contributed by atoms with Gasteiger partial charge in [-0.2, -0.15) is 0 Å². The first kappa shape index (κ1) is 14.8. The molecule has 2 nitrogen and oxygen atoms in total. The van der Waals surface area contributed by atoms with Gasteiger partial charge < -0.3 is 5.32 Å². The fourth-order valence-corrected chi connectivity index (χ4v) is 2.10. The van der Waals surface area contributed by atoms with Gasteiger partial charge in [0.15, 0.2) is 0 Å². The predicted octanol–water partition coefficient (Wildman–Crippen LogP) is 5.14. The number of amides is 1. The van der Waals surface area contributed by atoms with E-state index < -0.39 is 0 Å². The highest BCUT2D eigenvalue weighted by atomic mass is 79.9. The zero-order valence-electron chi connectivity index (χ0n) is 10.9. The largest absolute Gasteiger partial charge is 0.322 e. The third kappa shape index (κ3) is 3.95. The van der Waals surface area contributed by atoms with Gasteiger partial charge in [0, 0.05) is 15.7 Å². The second-order valence-corrected chi connectivity index (χ2v) is 5.58. The van der Waals surface area contributed by atoms with E-state index in [-0.39, 0.29) is 5.91 Å². The number of benzene rings is 2. The molecule has 0 atom stereocenters. The molecule has 2 aromatic carbocycles. The molecule has 0 radical (unpaired) electrons. The topological polar surface area (TPSA) is 29.1 Å². The summed E-state index contributed by atoms with van der Waals surface area (Å²) >= 11 is 9.31. The number of hydrogen-bond acceptors (Lipinski definition) is 1. The van der Waals surface area contributed by atoms with Gasteiger partial charge in [-0.25, -0.2) is 0 Å². The van der Waals surface area contributed by atoms with E-state index in [9.17, 15) is 4.79 Å². The highest BCUT2D eigenvalue weighted by Crippen LogP contribution is 2.25. The maximum Gasteiger partial charge on any atom is 0.251 e. The molecular formula is C16H13BrClNO. The SMILES string of the molecule is C/C(=C\c1ccccc1)C(=O)Nc1ccc(Br)c(Cl)c1. The van der Waals surface area contributed by atoms with E-state index in [1.54, 1.807) is 25.1 Å². The van der Waals surface area contributed by atoms with Crippen LogP contribution in [0.1, 0.15) is 12.5 Å². The number of carbonyl (C=O) groups excluding carboxylic acids is 1. The molecule has 0 aliphatic rings. The summed E-state index contributed by atoms with van der Waals surface area (Å²) in [5, 5.41) is 3.38. The summed E-state index contributed by atoms with van der Waals surface area (Å²) in [5.74, 6) is -0.146. The summed E-state index contributed by atoms with van der Waals surface area (Å²) in [7, 11) is 0. The van der Waals surface area contributed by atoms with Gasteiger partial charge in [0.2, 0.25) is 0 Å². The summed E-state index contributed by atoms with van der Waals surface area (Å²) in [5.41, 5.74) is 2.30. The monoisotopic (exact) mass is 349 g/mol. The van der Waals surface area contributed by atoms with Gasteiger partial charge in [-0.3, -0.25) is 4.79 Å². The lowest BCUT2D eigenvalue weighted by molar-refractivity contribution is -0.112. The molecule has 0 spiro atoms. The Morgan fingerprint density at radius 3 is 2.55 bits per heavy atom. The average Bonchev–Trinajstić information content (AvgIpc) is 2.44. The lowest BCUT2D eigenvalue weighted by Crippen LogP contribution is -2.12. The van der Waals surface area contributed by atoms with E-state index in [4.69, 9.17) is 11.6 Å². The van der Waals surface area contributed by atoms with Crippen LogP contribution < -0.4 is 5.32 Å². The third-order valence-corrected chi connectivity index (χ3v) is 3.95. The quantitative estimate of drug-likeness (QED) is 0.763. The molecule has 0 bridgehead atoms. The number of halogens is 2. The molecule has 0 unspecified atom stereocenters. The summed E-state index contributed by atoms with van der Waals surface area (Å²) in [4.78, 5) is 12.1. The van der Waals surface area contributed by atoms with Crippen LogP contribution in [0, 0.1) is 0 Å². The zero-order chi connectivity index (χ0) is 14.5. The molecule has 0 heterocycles. The molecular weight excluding hydrogens is 338 g/mol. The second-order valence-electron chi connectivity index (χ2n) is 4.32. The normalized spacial score (nSPS) is 11.2. The molecule has 0 saturated heterocycles. The zero-order valence-corrected chi connectivity index (χ0v) is 13.2. The highest BCUT2D eigenvalue weighted by molar-refractivity contribution is 9.10. The fraction of sp³-hybridized carbons (Fsp3) is 0.0625. The van der Waals surface area contributed by atoms with Crippen molar-refractivity contribution in [3.05, 3.63) is 69.2 Å². The van der Waals surface area contributed by atoms with Gasteiger partial charge in [0.1, 0.15) is 0 Å². The predicted molar refractivity (Wildman–Crippen MR) is 87.9 cm³/mol. The van der Waals surface area contributed by atoms with Crippen molar-refractivity contribution in [2.45, 2.75) is 6.92 Å². The Labute approximate surface area is 131 Å². The lowest BCUT2D eigenvalue weighted by atomic mass is 10.1. The van der Waals surface area contributed by atoms with Gasteiger partial charge in [-0.15, -0.1) is 0 Å². The van der Waals surface area contributed by atoms with Crippen molar-refractivity contribution < 1.29 is 4.79 Å². The van der Waals surface area contributed by atoms with E-state index in [2.05, 4.69) is 21.2 Å².